The Morgan fingerprint density at radius 1 is 0.935 bits per heavy atom. The van der Waals surface area contributed by atoms with Crippen molar-refractivity contribution in [3.63, 3.8) is 0 Å². The molecule has 250 valence electrons. The fourth-order valence-electron chi connectivity index (χ4n) is 5.36. The van der Waals surface area contributed by atoms with Gasteiger partial charge >= 0.3 is 6.09 Å². The van der Waals surface area contributed by atoms with E-state index in [1.165, 1.54) is 0 Å². The summed E-state index contributed by atoms with van der Waals surface area (Å²) in [6.07, 6.45) is 1.21. The Hall–Kier alpha value is -3.89. The average molecular weight is 653 g/mol. The van der Waals surface area contributed by atoms with E-state index in [4.69, 9.17) is 15.2 Å². The molecular weight excluding hydrogens is 604 g/mol. The number of amides is 2. The molecule has 9 nitrogen and oxygen atoms in total. The van der Waals surface area contributed by atoms with Crippen LogP contribution in [0.4, 0.5) is 4.79 Å². The molecule has 3 rings (SSSR count). The maximum absolute atomic E-state index is 13.0. The van der Waals surface area contributed by atoms with E-state index in [0.29, 0.717) is 6.42 Å². The second kappa shape index (κ2) is 15.6. The molecule has 0 heterocycles. The third-order valence-electron chi connectivity index (χ3n) is 8.03. The summed E-state index contributed by atoms with van der Waals surface area (Å²) in [5.74, 6) is -0.975. The minimum Gasteiger partial charge on any atom is -0.490 e. The first-order valence-electron chi connectivity index (χ1n) is 15.7. The molecule has 0 aliphatic heterocycles. The Balaban J connectivity index is 1.94. The fourth-order valence-corrected chi connectivity index (χ4v) is 6.44. The van der Waals surface area contributed by atoms with Crippen molar-refractivity contribution in [1.29, 1.82) is 0 Å². The number of carbonyl (C=O) groups excluding carboxylic acids is 2. The van der Waals surface area contributed by atoms with Gasteiger partial charge in [0.1, 0.15) is 12.4 Å². The minimum atomic E-state index is -3.78. The van der Waals surface area contributed by atoms with Crippen LogP contribution in [0.1, 0.15) is 94.6 Å². The highest BCUT2D eigenvalue weighted by molar-refractivity contribution is 7.90. The van der Waals surface area contributed by atoms with E-state index in [2.05, 4.69) is 4.72 Å². The van der Waals surface area contributed by atoms with Gasteiger partial charge in [-0.25, -0.2) is 17.9 Å². The number of unbranched alkanes of at least 4 members (excludes halogenated alkanes) is 2. The Morgan fingerprint density at radius 2 is 1.57 bits per heavy atom. The number of aliphatic hydroxyl groups is 1. The number of hydrogen-bond acceptors (Lipinski definition) is 7. The van der Waals surface area contributed by atoms with Crippen LogP contribution in [0.25, 0.3) is 11.1 Å². The molecule has 2 amide bonds. The Labute approximate surface area is 273 Å². The van der Waals surface area contributed by atoms with Gasteiger partial charge in [0.2, 0.25) is 10.0 Å². The topological polar surface area (TPSA) is 145 Å². The molecule has 0 saturated heterocycles. The summed E-state index contributed by atoms with van der Waals surface area (Å²) in [6, 6.07) is 22.1. The van der Waals surface area contributed by atoms with Crippen molar-refractivity contribution in [1.82, 2.24) is 4.72 Å². The molecule has 0 fully saturated rings. The van der Waals surface area contributed by atoms with Gasteiger partial charge in [-0.2, -0.15) is 0 Å². The van der Waals surface area contributed by atoms with Crippen molar-refractivity contribution in [2.75, 3.05) is 12.4 Å². The molecule has 0 aliphatic rings. The van der Waals surface area contributed by atoms with E-state index in [9.17, 15) is 23.1 Å². The van der Waals surface area contributed by atoms with Gasteiger partial charge in [-0.1, -0.05) is 101 Å². The smallest absolute Gasteiger partial charge is 0.404 e. The van der Waals surface area contributed by atoms with Crippen molar-refractivity contribution in [2.24, 2.45) is 11.1 Å². The summed E-state index contributed by atoms with van der Waals surface area (Å²) in [7, 11) is -3.78. The van der Waals surface area contributed by atoms with E-state index < -0.39 is 33.0 Å². The summed E-state index contributed by atoms with van der Waals surface area (Å²) >= 11 is 0. The number of nitrogens with one attached hydrogen (secondary N) is 1. The van der Waals surface area contributed by atoms with Crippen molar-refractivity contribution >= 4 is 22.0 Å². The lowest BCUT2D eigenvalue weighted by Crippen LogP contribution is -2.42. The molecule has 3 aromatic rings. The predicted octanol–water partition coefficient (Wildman–Crippen LogP) is 6.89. The SMILES string of the molecule is CCCCCS(=O)(=O)NC(=O)c1ccc(-c2ccc(C(COC(N)=O)C[C@](O)(c3ccccc3)C(C)(C)C)cc2)cc1OC(C)C. The van der Waals surface area contributed by atoms with Gasteiger partial charge in [0.15, 0.2) is 0 Å². The second-order valence-corrected chi connectivity index (χ2v) is 14.8. The number of primary amides is 1. The largest absolute Gasteiger partial charge is 0.490 e. The molecule has 0 saturated carbocycles. The number of carbonyl (C=O) groups is 2. The number of hydrogen-bond donors (Lipinski definition) is 3. The lowest BCUT2D eigenvalue weighted by Gasteiger charge is -2.43. The molecule has 0 aromatic heterocycles. The molecule has 0 radical (unpaired) electrons. The van der Waals surface area contributed by atoms with Crippen LogP contribution in [-0.2, 0) is 20.4 Å². The number of sulfonamides is 1. The highest BCUT2D eigenvalue weighted by Crippen LogP contribution is 2.46. The van der Waals surface area contributed by atoms with E-state index >= 15 is 0 Å². The van der Waals surface area contributed by atoms with E-state index in [-0.39, 0.29) is 42.1 Å². The van der Waals surface area contributed by atoms with Crippen LogP contribution < -0.4 is 15.2 Å². The average Bonchev–Trinajstić information content (AvgIpc) is 2.98. The molecule has 4 N–H and O–H groups in total. The summed E-state index contributed by atoms with van der Waals surface area (Å²) < 4.78 is 38.3. The quantitative estimate of drug-likeness (QED) is 0.152. The summed E-state index contributed by atoms with van der Waals surface area (Å²) in [4.78, 5) is 24.6. The van der Waals surface area contributed by atoms with Crippen molar-refractivity contribution in [3.8, 4) is 16.9 Å². The van der Waals surface area contributed by atoms with Gasteiger partial charge in [0.25, 0.3) is 5.91 Å². The second-order valence-electron chi connectivity index (χ2n) is 13.0. The van der Waals surface area contributed by atoms with Crippen LogP contribution in [0.3, 0.4) is 0 Å². The minimum absolute atomic E-state index is 0.0164. The number of rotatable bonds is 15. The van der Waals surface area contributed by atoms with Crippen molar-refractivity contribution < 1.29 is 32.6 Å². The standard InChI is InChI=1S/C36H48N2O7S/c1-7-8-12-21-46(42,43)38-33(39)31-20-19-28(22-32(31)45-25(2)3)26-15-17-27(18-16-26)29(24-44-34(37)40)23-36(41,35(4,5)6)30-13-10-9-11-14-30/h9-11,13-20,22,25,29,41H,7-8,12,21,23-24H2,1-6H3,(H2,37,40)(H,38,39)/t29?,36-/m0/s1. The van der Waals surface area contributed by atoms with Gasteiger partial charge < -0.3 is 20.3 Å². The van der Waals surface area contributed by atoms with Crippen molar-refractivity contribution in [2.45, 2.75) is 84.8 Å². The number of ether oxygens (including phenoxy) is 2. The third-order valence-corrected chi connectivity index (χ3v) is 9.35. The molecule has 1 unspecified atom stereocenters. The first-order valence-corrected chi connectivity index (χ1v) is 17.4. The molecule has 10 heteroatoms. The molecule has 0 aliphatic carbocycles. The first kappa shape index (κ1) is 36.6. The van der Waals surface area contributed by atoms with Crippen LogP contribution >= 0.6 is 0 Å². The van der Waals surface area contributed by atoms with Crippen LogP contribution in [-0.4, -0.2) is 44.0 Å². The predicted molar refractivity (Wildman–Crippen MR) is 181 cm³/mol. The molecular formula is C36H48N2O7S. The summed E-state index contributed by atoms with van der Waals surface area (Å²) in [6.45, 7) is 11.5. The monoisotopic (exact) mass is 652 g/mol. The van der Waals surface area contributed by atoms with Crippen LogP contribution in [0, 0.1) is 5.41 Å². The zero-order valence-electron chi connectivity index (χ0n) is 27.7. The van der Waals surface area contributed by atoms with E-state index in [1.807, 2.05) is 96.1 Å². The highest BCUT2D eigenvalue weighted by Gasteiger charge is 2.43. The first-order chi connectivity index (χ1) is 21.6. The summed E-state index contributed by atoms with van der Waals surface area (Å²) in [5.41, 5.74) is 6.83. The zero-order chi connectivity index (χ0) is 34.1. The highest BCUT2D eigenvalue weighted by atomic mass is 32.2. The van der Waals surface area contributed by atoms with Crippen LogP contribution in [0.2, 0.25) is 0 Å². The number of nitrogens with two attached hydrogens (primary N) is 1. The van der Waals surface area contributed by atoms with E-state index in [0.717, 1.165) is 35.1 Å². The Bertz CT molecular complexity index is 1570. The zero-order valence-corrected chi connectivity index (χ0v) is 28.5. The van der Waals surface area contributed by atoms with E-state index in [1.54, 1.807) is 18.2 Å². The van der Waals surface area contributed by atoms with Gasteiger partial charge in [0.05, 0.1) is 23.0 Å². The van der Waals surface area contributed by atoms with Crippen LogP contribution in [0.5, 0.6) is 5.75 Å². The number of benzene rings is 3. The van der Waals surface area contributed by atoms with Gasteiger partial charge in [-0.3, -0.25) is 4.79 Å². The normalized spacial score (nSPS) is 13.9. The lowest BCUT2D eigenvalue weighted by molar-refractivity contribution is -0.0794. The van der Waals surface area contributed by atoms with Crippen molar-refractivity contribution in [3.05, 3.63) is 89.5 Å². The third kappa shape index (κ3) is 9.80. The van der Waals surface area contributed by atoms with Gasteiger partial charge in [-0.05, 0) is 66.5 Å². The molecule has 0 spiro atoms. The van der Waals surface area contributed by atoms with Gasteiger partial charge in [-0.15, -0.1) is 0 Å². The Kier molecular flexibility index (Phi) is 12.4. The van der Waals surface area contributed by atoms with Gasteiger partial charge in [0, 0.05) is 5.92 Å². The fraction of sp³-hybridized carbons (Fsp3) is 0.444. The Morgan fingerprint density at radius 3 is 2.13 bits per heavy atom. The molecule has 0 bridgehead atoms. The molecule has 46 heavy (non-hydrogen) atoms. The summed E-state index contributed by atoms with van der Waals surface area (Å²) in [5, 5.41) is 12.1. The molecule has 2 atom stereocenters. The van der Waals surface area contributed by atoms with Crippen LogP contribution in [0.15, 0.2) is 72.8 Å². The maximum Gasteiger partial charge on any atom is 0.404 e. The maximum atomic E-state index is 13.0. The molecule has 3 aromatic carbocycles. The lowest BCUT2D eigenvalue weighted by atomic mass is 9.67.